The van der Waals surface area contributed by atoms with E-state index in [2.05, 4.69) is 15.1 Å². The third-order valence-corrected chi connectivity index (χ3v) is 7.99. The number of anilines is 1. The van der Waals surface area contributed by atoms with E-state index in [1.165, 1.54) is 0 Å². The number of aromatic nitrogens is 5. The van der Waals surface area contributed by atoms with Gasteiger partial charge < -0.3 is 15.0 Å². The van der Waals surface area contributed by atoms with E-state index in [1.807, 2.05) is 67.3 Å². The van der Waals surface area contributed by atoms with Crippen LogP contribution in [0.15, 0.2) is 84.4 Å². The highest BCUT2D eigenvalue weighted by Gasteiger charge is 2.20. The largest absolute Gasteiger partial charge is 0.383 e. The smallest absolute Gasteiger partial charge is 0.261 e. The first-order valence-electron chi connectivity index (χ1n) is 15.4. The van der Waals surface area contributed by atoms with Crippen molar-refractivity contribution in [2.45, 2.75) is 32.7 Å². The number of carbonyl (C=O) groups excluding carboxylic acids is 1. The molecule has 0 radical (unpaired) electrons. The van der Waals surface area contributed by atoms with E-state index >= 15 is 0 Å². The van der Waals surface area contributed by atoms with E-state index < -0.39 is 10.1 Å². The predicted molar refractivity (Wildman–Crippen MR) is 184 cm³/mol. The number of aryl methyl sites for hydroxylation is 2. The average molecular weight is 671 g/mol. The minimum Gasteiger partial charge on any atom is -0.383 e. The first-order valence-corrected chi connectivity index (χ1v) is 17.2. The van der Waals surface area contributed by atoms with Crippen molar-refractivity contribution >= 4 is 21.7 Å². The molecule has 0 unspecified atom stereocenters. The summed E-state index contributed by atoms with van der Waals surface area (Å²) in [6, 6.07) is 13.5. The first kappa shape index (κ1) is 34.4. The highest BCUT2D eigenvalue weighted by Crippen LogP contribution is 2.29. The van der Waals surface area contributed by atoms with Crippen molar-refractivity contribution in [3.05, 3.63) is 107 Å². The van der Waals surface area contributed by atoms with Crippen molar-refractivity contribution in [3.63, 3.8) is 0 Å². The van der Waals surface area contributed by atoms with Crippen molar-refractivity contribution in [2.24, 2.45) is 13.0 Å². The summed E-state index contributed by atoms with van der Waals surface area (Å²) < 4.78 is 35.1. The maximum Gasteiger partial charge on any atom is 0.261 e. The molecule has 13 heteroatoms. The molecule has 0 amide bonds. The van der Waals surface area contributed by atoms with Gasteiger partial charge in [0, 0.05) is 91.3 Å². The summed E-state index contributed by atoms with van der Waals surface area (Å²) in [4.78, 5) is 36.2. The number of Topliss-reactive ketones (excluding diaryl/α,β-unsaturated/α-hetero) is 1. The van der Waals surface area contributed by atoms with Crippen LogP contribution in [0.25, 0.3) is 33.4 Å². The lowest BCUT2D eigenvalue weighted by molar-refractivity contribution is 0.0612. The molecule has 1 aliphatic heterocycles. The summed E-state index contributed by atoms with van der Waals surface area (Å²) in [5.41, 5.74) is 12.5. The normalized spacial score (nSPS) is 13.5. The van der Waals surface area contributed by atoms with Gasteiger partial charge in [0.25, 0.3) is 10.1 Å². The zero-order valence-electron chi connectivity index (χ0n) is 27.0. The van der Waals surface area contributed by atoms with Crippen molar-refractivity contribution in [2.75, 3.05) is 25.2 Å². The van der Waals surface area contributed by atoms with Crippen molar-refractivity contribution < 1.29 is 22.5 Å². The van der Waals surface area contributed by atoms with Crippen LogP contribution >= 0.6 is 0 Å². The van der Waals surface area contributed by atoms with E-state index in [0.29, 0.717) is 29.2 Å². The summed E-state index contributed by atoms with van der Waals surface area (Å²) in [5.74, 6) is 0.550. The van der Waals surface area contributed by atoms with Crippen LogP contribution in [0.1, 0.15) is 34.5 Å². The first-order chi connectivity index (χ1) is 22.8. The number of rotatable bonds is 8. The average Bonchev–Trinajstić information content (AvgIpc) is 3.49. The van der Waals surface area contributed by atoms with Gasteiger partial charge in [0.2, 0.25) is 0 Å². The highest BCUT2D eigenvalue weighted by atomic mass is 32.2. The van der Waals surface area contributed by atoms with Gasteiger partial charge in [-0.25, -0.2) is 4.98 Å². The molecule has 0 atom stereocenters. The van der Waals surface area contributed by atoms with Crippen LogP contribution in [0, 0.1) is 12.8 Å². The number of benzene rings is 1. The molecule has 48 heavy (non-hydrogen) atoms. The van der Waals surface area contributed by atoms with Crippen LogP contribution in [0.4, 0.5) is 5.82 Å². The molecule has 0 saturated carbocycles. The number of hydrogen-bond acceptors (Lipinski definition) is 9. The molecule has 0 bridgehead atoms. The van der Waals surface area contributed by atoms with Gasteiger partial charge in [-0.05, 0) is 43.4 Å². The summed E-state index contributed by atoms with van der Waals surface area (Å²) in [5, 5.41) is 4.23. The second kappa shape index (κ2) is 14.8. The van der Waals surface area contributed by atoms with Gasteiger partial charge in [0.1, 0.15) is 5.82 Å². The summed E-state index contributed by atoms with van der Waals surface area (Å²) in [7, 11) is -1.81. The number of ketones is 1. The Morgan fingerprint density at radius 1 is 0.938 bits per heavy atom. The quantitative estimate of drug-likeness (QED) is 0.175. The van der Waals surface area contributed by atoms with Gasteiger partial charge in [-0.1, -0.05) is 35.9 Å². The number of nitrogen functional groups attached to an aromatic ring is 1. The van der Waals surface area contributed by atoms with E-state index in [1.54, 1.807) is 35.5 Å². The number of hydrogen-bond donors (Lipinski definition) is 2. The second-order valence-electron chi connectivity index (χ2n) is 12.0. The molecule has 5 aromatic rings. The predicted octanol–water partition coefficient (Wildman–Crippen LogP) is 4.62. The molecule has 6 rings (SSSR count). The molecular formula is C35H38N6O6S. The Hall–Kier alpha value is -4.98. The number of nitrogens with zero attached hydrogens (tertiary/aromatic N) is 5. The summed E-state index contributed by atoms with van der Waals surface area (Å²) >= 11 is 0. The molecule has 1 aliphatic rings. The van der Waals surface area contributed by atoms with Crippen LogP contribution in [-0.2, 0) is 34.9 Å². The molecule has 12 nitrogen and oxygen atoms in total. The molecule has 5 heterocycles. The molecule has 1 aromatic carbocycles. The lowest BCUT2D eigenvalue weighted by atomic mass is 9.98. The number of ether oxygens (including phenoxy) is 1. The molecular weight excluding hydrogens is 632 g/mol. The van der Waals surface area contributed by atoms with Crippen LogP contribution in [-0.4, -0.2) is 62.5 Å². The monoisotopic (exact) mass is 670 g/mol. The Labute approximate surface area is 279 Å². The van der Waals surface area contributed by atoms with Gasteiger partial charge in [-0.15, -0.1) is 0 Å². The molecule has 1 fully saturated rings. The molecule has 250 valence electrons. The number of pyridine rings is 3. The van der Waals surface area contributed by atoms with E-state index in [0.717, 1.165) is 66.0 Å². The lowest BCUT2D eigenvalue weighted by Gasteiger charge is -2.23. The summed E-state index contributed by atoms with van der Waals surface area (Å²) in [6.07, 6.45) is 13.3. The maximum absolute atomic E-state index is 13.7. The molecule has 4 aromatic heterocycles. The standard InChI is InChI=1S/C34H34N6O3.CH4O3S/c1-22-3-5-24(6-4-22)30-20-40(18-23-9-11-43-12-10-23)21-31(33(30)42)32(41)14-28-8-7-25(15-36-28)29-13-26(16-37-34(29)35)27-17-38-39(2)19-27;1-5(2,3)4/h3-8,13,15-17,19-21,23H,9-12,14,18H2,1-2H3,(H2,35,37);1H3,(H,2,3,4). The second-order valence-corrected chi connectivity index (χ2v) is 13.4. The summed E-state index contributed by atoms with van der Waals surface area (Å²) in [6.45, 7) is 4.20. The van der Waals surface area contributed by atoms with Crippen LogP contribution in [0.3, 0.4) is 0 Å². The van der Waals surface area contributed by atoms with Gasteiger partial charge in [0.05, 0.1) is 24.4 Å². The fourth-order valence-electron chi connectivity index (χ4n) is 5.48. The van der Waals surface area contributed by atoms with Crippen LogP contribution in [0.5, 0.6) is 0 Å². The van der Waals surface area contributed by atoms with Crippen molar-refractivity contribution in [1.82, 2.24) is 24.3 Å². The van der Waals surface area contributed by atoms with Crippen molar-refractivity contribution in [3.8, 4) is 33.4 Å². The van der Waals surface area contributed by atoms with E-state index in [-0.39, 0.29) is 23.2 Å². The van der Waals surface area contributed by atoms with E-state index in [4.69, 9.17) is 15.0 Å². The third-order valence-electron chi connectivity index (χ3n) is 7.99. The highest BCUT2D eigenvalue weighted by molar-refractivity contribution is 7.85. The zero-order chi connectivity index (χ0) is 34.4. The Bertz CT molecular complexity index is 2060. The van der Waals surface area contributed by atoms with Crippen LogP contribution < -0.4 is 11.2 Å². The van der Waals surface area contributed by atoms with Crippen molar-refractivity contribution in [1.29, 1.82) is 0 Å². The van der Waals surface area contributed by atoms with Gasteiger partial charge in [-0.2, -0.15) is 13.5 Å². The zero-order valence-corrected chi connectivity index (χ0v) is 27.9. The Morgan fingerprint density at radius 3 is 2.23 bits per heavy atom. The Morgan fingerprint density at radius 2 is 1.60 bits per heavy atom. The fraction of sp³-hybridized carbons (Fsp3) is 0.286. The topological polar surface area (TPSA) is 172 Å². The van der Waals surface area contributed by atoms with Gasteiger partial charge in [0.15, 0.2) is 11.2 Å². The molecule has 3 N–H and O–H groups in total. The number of nitrogens with two attached hydrogens (primary N) is 1. The number of carbonyl (C=O) groups is 1. The Kier molecular flexibility index (Phi) is 10.6. The molecule has 0 spiro atoms. The lowest BCUT2D eigenvalue weighted by Crippen LogP contribution is -2.25. The molecule has 1 saturated heterocycles. The fourth-order valence-corrected chi connectivity index (χ4v) is 5.48. The minimum atomic E-state index is -3.67. The van der Waals surface area contributed by atoms with E-state index in [9.17, 15) is 18.0 Å². The SMILES string of the molecule is CS(=O)(=O)O.Cc1ccc(-c2cn(CC3CCOCC3)cc(C(=O)Cc3ccc(-c4cc(-c5cnn(C)c5)cnc4N)cn3)c2=O)cc1. The Balaban J connectivity index is 0.000000840. The third kappa shape index (κ3) is 9.09. The van der Waals surface area contributed by atoms with Crippen LogP contribution in [0.2, 0.25) is 0 Å². The van der Waals surface area contributed by atoms with Gasteiger partial charge in [-0.3, -0.25) is 23.8 Å². The molecule has 0 aliphatic carbocycles. The maximum atomic E-state index is 13.7. The minimum absolute atomic E-state index is 0.00754. The van der Waals surface area contributed by atoms with Gasteiger partial charge >= 0.3 is 0 Å².